The Morgan fingerprint density at radius 3 is 2.41 bits per heavy atom. The topological polar surface area (TPSA) is 56.7 Å². The monoisotopic (exact) mass is 731 g/mol. The third-order valence-corrected chi connectivity index (χ3v) is 9.20. The molecule has 0 bridgehead atoms. The van der Waals surface area contributed by atoms with E-state index < -0.39 is 8.07 Å². The molecule has 7 heteroatoms. The number of hydrogen-bond donors (Lipinski definition) is 0. The van der Waals surface area contributed by atoms with Gasteiger partial charge in [-0.3, -0.25) is 9.97 Å². The van der Waals surface area contributed by atoms with Gasteiger partial charge in [0.15, 0.2) is 0 Å². The largest absolute Gasteiger partial charge is 0.501 e. The van der Waals surface area contributed by atoms with Crippen molar-refractivity contribution in [3.05, 3.63) is 109 Å². The molecule has 207 valence electrons. The molecular formula is C34H30IrN4OSi-2. The second-order valence-corrected chi connectivity index (χ2v) is 16.0. The smallest absolute Gasteiger partial charge is 0.120 e. The van der Waals surface area contributed by atoms with Crippen molar-refractivity contribution in [1.82, 2.24) is 19.5 Å². The second kappa shape index (κ2) is 11.5. The molecule has 0 aliphatic carbocycles. The van der Waals surface area contributed by atoms with Crippen molar-refractivity contribution in [2.24, 2.45) is 7.05 Å². The molecule has 0 saturated carbocycles. The van der Waals surface area contributed by atoms with Crippen LogP contribution < -0.4 is 5.19 Å². The summed E-state index contributed by atoms with van der Waals surface area (Å²) in [5.74, 6) is 0.835. The fourth-order valence-electron chi connectivity index (χ4n) is 4.91. The summed E-state index contributed by atoms with van der Waals surface area (Å²) < 4.78 is 8.21. The fraction of sp³-hybridized carbons (Fsp3) is 0.147. The van der Waals surface area contributed by atoms with E-state index in [1.54, 1.807) is 6.20 Å². The molecule has 0 aliphatic rings. The summed E-state index contributed by atoms with van der Waals surface area (Å²) in [6, 6.07) is 30.8. The fourth-order valence-corrected chi connectivity index (χ4v) is 5.94. The Morgan fingerprint density at radius 2 is 1.71 bits per heavy atom. The molecule has 3 aromatic carbocycles. The van der Waals surface area contributed by atoms with Crippen LogP contribution in [0.4, 0.5) is 0 Å². The molecule has 0 unspecified atom stereocenters. The molecule has 0 aliphatic heterocycles. The average molecular weight is 731 g/mol. The van der Waals surface area contributed by atoms with Crippen LogP contribution in [0.5, 0.6) is 0 Å². The summed E-state index contributed by atoms with van der Waals surface area (Å²) in [7, 11) is 0.765. The minimum Gasteiger partial charge on any atom is -0.501 e. The first kappa shape index (κ1) is 28.6. The van der Waals surface area contributed by atoms with Crippen molar-refractivity contribution in [2.45, 2.75) is 26.6 Å². The summed E-state index contributed by atoms with van der Waals surface area (Å²) in [5.41, 5.74) is 7.72. The third kappa shape index (κ3) is 5.53. The Kier molecular flexibility index (Phi) is 8.05. The maximum Gasteiger partial charge on any atom is 0.120 e. The molecule has 0 N–H and O–H groups in total. The number of rotatable bonds is 3. The predicted octanol–water partition coefficient (Wildman–Crippen LogP) is 7.73. The first-order valence-corrected chi connectivity index (χ1v) is 16.8. The zero-order valence-electron chi connectivity index (χ0n) is 23.7. The predicted molar refractivity (Wildman–Crippen MR) is 166 cm³/mol. The van der Waals surface area contributed by atoms with Crippen molar-refractivity contribution >= 4 is 46.2 Å². The van der Waals surface area contributed by atoms with Crippen molar-refractivity contribution in [1.29, 1.82) is 0 Å². The van der Waals surface area contributed by atoms with Crippen molar-refractivity contribution in [2.75, 3.05) is 0 Å². The zero-order chi connectivity index (χ0) is 27.9. The first-order valence-electron chi connectivity index (χ1n) is 13.3. The summed E-state index contributed by atoms with van der Waals surface area (Å²) in [4.78, 5) is 13.5. The van der Waals surface area contributed by atoms with Crippen molar-refractivity contribution in [3.63, 3.8) is 0 Å². The van der Waals surface area contributed by atoms with Gasteiger partial charge in [0.2, 0.25) is 0 Å². The van der Waals surface area contributed by atoms with Crippen LogP contribution in [0.25, 0.3) is 55.6 Å². The van der Waals surface area contributed by atoms with Gasteiger partial charge >= 0.3 is 0 Å². The van der Waals surface area contributed by atoms with Crippen molar-refractivity contribution in [3.8, 4) is 22.6 Å². The maximum absolute atomic E-state index is 6.17. The van der Waals surface area contributed by atoms with Gasteiger partial charge in [-0.25, -0.2) is 0 Å². The molecule has 41 heavy (non-hydrogen) atoms. The third-order valence-electron chi connectivity index (χ3n) is 7.17. The molecule has 0 spiro atoms. The molecule has 7 rings (SSSR count). The van der Waals surface area contributed by atoms with E-state index in [-0.39, 0.29) is 20.1 Å². The van der Waals surface area contributed by atoms with E-state index in [4.69, 9.17) is 9.40 Å². The number of furan rings is 1. The number of aromatic nitrogens is 4. The van der Waals surface area contributed by atoms with Gasteiger partial charge in [0, 0.05) is 44.9 Å². The standard InChI is InChI=1S/C20H14N3O.C14H16NSi.Ir/c1-12-7-8-14(19-18(12)13-5-3-4-6-17(13)24-19)20-22-15-9-10-21-11-16(15)23(20)2;1-16(2,3)13-9-10-14(15-11-13)12-7-5-4-6-8-12;/h3-7,9-11H,1-2H3;4-7,9-11H,1-3H3;/q2*-1;. The van der Waals surface area contributed by atoms with Crippen LogP contribution in [0.1, 0.15) is 5.56 Å². The van der Waals surface area contributed by atoms with E-state index in [1.165, 1.54) is 5.19 Å². The summed E-state index contributed by atoms with van der Waals surface area (Å²) in [6.07, 6.45) is 5.60. The van der Waals surface area contributed by atoms with Crippen LogP contribution in [0, 0.1) is 19.1 Å². The summed E-state index contributed by atoms with van der Waals surface area (Å²) in [5, 5.41) is 3.65. The quantitative estimate of drug-likeness (QED) is 0.138. The van der Waals surface area contributed by atoms with Crippen LogP contribution in [0.15, 0.2) is 95.8 Å². The number of imidazole rings is 1. The molecule has 7 aromatic rings. The van der Waals surface area contributed by atoms with E-state index in [0.29, 0.717) is 0 Å². The number of pyridine rings is 2. The molecule has 0 atom stereocenters. The number of nitrogens with zero attached hydrogens (tertiary/aromatic N) is 4. The van der Waals surface area contributed by atoms with Gasteiger partial charge in [-0.1, -0.05) is 67.8 Å². The Bertz CT molecular complexity index is 1960. The number of benzene rings is 3. The average Bonchev–Trinajstić information content (AvgIpc) is 3.53. The SMILES string of the molecule is C[Si](C)(C)c1ccc(-c2[c-]cccc2)nc1.Cc1c[c-]c(-c2nc3ccncc3n2C)c2oc3ccccc3c12.[Ir]. The number of hydrogen-bond acceptors (Lipinski definition) is 4. The molecule has 0 fully saturated rings. The Morgan fingerprint density at radius 1 is 0.902 bits per heavy atom. The van der Waals surface area contributed by atoms with E-state index in [2.05, 4.69) is 66.9 Å². The van der Waals surface area contributed by atoms with Gasteiger partial charge in [0.05, 0.1) is 36.7 Å². The van der Waals surface area contributed by atoms with Gasteiger partial charge in [0.1, 0.15) is 5.58 Å². The van der Waals surface area contributed by atoms with Gasteiger partial charge in [-0.05, 0) is 23.0 Å². The van der Waals surface area contributed by atoms with E-state index in [9.17, 15) is 0 Å². The minimum absolute atomic E-state index is 0. The van der Waals surface area contributed by atoms with E-state index in [1.807, 2.05) is 78.6 Å². The molecular weight excluding hydrogens is 701 g/mol. The summed E-state index contributed by atoms with van der Waals surface area (Å²) in [6.45, 7) is 9.08. The number of fused-ring (bicyclic) bond motifs is 4. The van der Waals surface area contributed by atoms with Crippen LogP contribution in [0.2, 0.25) is 19.6 Å². The Balaban J connectivity index is 0.000000175. The Labute approximate surface area is 254 Å². The molecule has 4 heterocycles. The van der Waals surface area contributed by atoms with Gasteiger partial charge in [0.25, 0.3) is 0 Å². The molecule has 1 radical (unpaired) electrons. The Hall–Kier alpha value is -3.90. The zero-order valence-corrected chi connectivity index (χ0v) is 27.1. The second-order valence-electron chi connectivity index (χ2n) is 11.0. The van der Waals surface area contributed by atoms with E-state index >= 15 is 0 Å². The van der Waals surface area contributed by atoms with Crippen molar-refractivity contribution < 1.29 is 24.5 Å². The molecule has 0 amide bonds. The summed E-state index contributed by atoms with van der Waals surface area (Å²) >= 11 is 0. The van der Waals surface area contributed by atoms with Crippen LogP contribution >= 0.6 is 0 Å². The van der Waals surface area contributed by atoms with Crippen LogP contribution in [-0.4, -0.2) is 27.6 Å². The normalized spacial score (nSPS) is 11.3. The molecule has 4 aromatic heterocycles. The number of aryl methyl sites for hydroxylation is 2. The van der Waals surface area contributed by atoms with Gasteiger partial charge < -0.3 is 14.0 Å². The van der Waals surface area contributed by atoms with E-state index in [0.717, 1.165) is 61.2 Å². The first-order chi connectivity index (χ1) is 19.3. The number of para-hydroxylation sites is 1. The van der Waals surface area contributed by atoms with Gasteiger partial charge in [-0.2, -0.15) is 0 Å². The maximum atomic E-state index is 6.17. The minimum atomic E-state index is -1.23. The molecule has 5 nitrogen and oxygen atoms in total. The van der Waals surface area contributed by atoms with Gasteiger partial charge in [-0.15, -0.1) is 53.6 Å². The van der Waals surface area contributed by atoms with Crippen LogP contribution in [-0.2, 0) is 27.2 Å². The molecule has 0 saturated heterocycles. The van der Waals surface area contributed by atoms with Crippen LogP contribution in [0.3, 0.4) is 0 Å².